The van der Waals surface area contributed by atoms with Crippen molar-refractivity contribution >= 4 is 41.0 Å². The highest BCUT2D eigenvalue weighted by Gasteiger charge is 2.23. The molecule has 0 radical (unpaired) electrons. The maximum absolute atomic E-state index is 12.2. The Morgan fingerprint density at radius 1 is 1.04 bits per heavy atom. The lowest BCUT2D eigenvalue weighted by Crippen LogP contribution is -1.98. The quantitative estimate of drug-likeness (QED) is 0.524. The van der Waals surface area contributed by atoms with Gasteiger partial charge in [-0.15, -0.1) is 0 Å². The van der Waals surface area contributed by atoms with Gasteiger partial charge < -0.3 is 4.74 Å². The summed E-state index contributed by atoms with van der Waals surface area (Å²) in [6.07, 6.45) is 3.38. The van der Waals surface area contributed by atoms with Gasteiger partial charge in [-0.25, -0.2) is 4.79 Å². The Labute approximate surface area is 145 Å². The fourth-order valence-electron chi connectivity index (χ4n) is 2.43. The number of ether oxygens (including phenoxy) is 1. The maximum atomic E-state index is 12.2. The normalized spacial score (nSPS) is 15.7. The summed E-state index contributed by atoms with van der Waals surface area (Å²) in [6, 6.07) is 11.3. The summed E-state index contributed by atoms with van der Waals surface area (Å²) in [6.45, 7) is 3.98. The molecule has 23 heavy (non-hydrogen) atoms. The molecule has 0 aliphatic carbocycles. The van der Waals surface area contributed by atoms with Crippen molar-refractivity contribution in [2.75, 3.05) is 0 Å². The van der Waals surface area contributed by atoms with E-state index < -0.39 is 5.97 Å². The van der Waals surface area contributed by atoms with E-state index in [4.69, 9.17) is 27.9 Å². The molecular weight excluding hydrogens is 331 g/mol. The molecule has 0 aromatic heterocycles. The van der Waals surface area contributed by atoms with Crippen LogP contribution in [0.4, 0.5) is 0 Å². The molecule has 0 saturated heterocycles. The highest BCUT2D eigenvalue weighted by Crippen LogP contribution is 2.32. The minimum atomic E-state index is -0.406. The van der Waals surface area contributed by atoms with E-state index in [2.05, 4.69) is 0 Å². The number of carbonyl (C=O) groups excluding carboxylic acids is 1. The second kappa shape index (κ2) is 6.23. The van der Waals surface area contributed by atoms with Crippen LogP contribution in [-0.4, -0.2) is 5.97 Å². The van der Waals surface area contributed by atoms with Gasteiger partial charge in [0.1, 0.15) is 5.76 Å². The summed E-state index contributed by atoms with van der Waals surface area (Å²) >= 11 is 12.3. The number of hydrogen-bond donors (Lipinski definition) is 0. The Kier molecular flexibility index (Phi) is 4.29. The first-order valence-corrected chi connectivity index (χ1v) is 7.88. The van der Waals surface area contributed by atoms with Gasteiger partial charge in [0.2, 0.25) is 0 Å². The van der Waals surface area contributed by atoms with E-state index in [1.54, 1.807) is 30.4 Å². The number of halogens is 2. The minimum absolute atomic E-state index is 0.406. The molecule has 1 aliphatic heterocycles. The van der Waals surface area contributed by atoms with E-state index in [0.29, 0.717) is 26.9 Å². The molecule has 4 heteroatoms. The third-order valence-corrected chi connectivity index (χ3v) is 4.34. The highest BCUT2D eigenvalue weighted by atomic mass is 35.5. The summed E-state index contributed by atoms with van der Waals surface area (Å²) in [5.41, 5.74) is 4.10. The molecule has 0 atom stereocenters. The number of carbonyl (C=O) groups is 1. The van der Waals surface area contributed by atoms with Gasteiger partial charge in [0.15, 0.2) is 0 Å². The maximum Gasteiger partial charge on any atom is 0.343 e. The zero-order chi connectivity index (χ0) is 16.6. The van der Waals surface area contributed by atoms with Crippen LogP contribution in [0.2, 0.25) is 10.0 Å². The Morgan fingerprint density at radius 2 is 1.74 bits per heavy atom. The molecule has 0 bridgehead atoms. The van der Waals surface area contributed by atoms with E-state index in [1.807, 2.05) is 32.0 Å². The molecule has 1 heterocycles. The molecule has 0 unspecified atom stereocenters. The fourth-order valence-corrected chi connectivity index (χ4v) is 2.93. The van der Waals surface area contributed by atoms with Crippen molar-refractivity contribution in [2.24, 2.45) is 0 Å². The molecule has 116 valence electrons. The fraction of sp³-hybridized carbons (Fsp3) is 0.105. The number of esters is 1. The third-order valence-electron chi connectivity index (χ3n) is 3.68. The molecule has 0 amide bonds. The molecule has 0 fully saturated rings. The molecule has 3 rings (SSSR count). The van der Waals surface area contributed by atoms with E-state index in [0.717, 1.165) is 16.7 Å². The summed E-state index contributed by atoms with van der Waals surface area (Å²) < 4.78 is 5.42. The van der Waals surface area contributed by atoms with Crippen molar-refractivity contribution in [3.63, 3.8) is 0 Å². The lowest BCUT2D eigenvalue weighted by Gasteiger charge is -2.06. The topological polar surface area (TPSA) is 26.3 Å². The van der Waals surface area contributed by atoms with Gasteiger partial charge in [-0.05, 0) is 49.8 Å². The first-order valence-electron chi connectivity index (χ1n) is 7.13. The smallest absolute Gasteiger partial charge is 0.343 e. The molecule has 0 saturated carbocycles. The van der Waals surface area contributed by atoms with Crippen LogP contribution >= 0.6 is 23.2 Å². The van der Waals surface area contributed by atoms with E-state index in [9.17, 15) is 4.79 Å². The second-order valence-corrected chi connectivity index (χ2v) is 6.27. The van der Waals surface area contributed by atoms with Gasteiger partial charge in [-0.1, -0.05) is 47.0 Å². The van der Waals surface area contributed by atoms with E-state index in [-0.39, 0.29) is 0 Å². The zero-order valence-corrected chi connectivity index (χ0v) is 14.2. The summed E-state index contributed by atoms with van der Waals surface area (Å²) in [7, 11) is 0. The lowest BCUT2D eigenvalue weighted by molar-refractivity contribution is -0.130. The molecule has 0 N–H and O–H groups in total. The van der Waals surface area contributed by atoms with Crippen molar-refractivity contribution in [1.82, 2.24) is 0 Å². The van der Waals surface area contributed by atoms with Gasteiger partial charge in [0.25, 0.3) is 0 Å². The molecular formula is C19H14Cl2O2. The summed E-state index contributed by atoms with van der Waals surface area (Å²) in [5, 5.41) is 0.984. The summed E-state index contributed by atoms with van der Waals surface area (Å²) in [4.78, 5) is 12.2. The number of cyclic esters (lactones) is 1. The van der Waals surface area contributed by atoms with Gasteiger partial charge in [-0.3, -0.25) is 0 Å². The van der Waals surface area contributed by atoms with Crippen LogP contribution in [0.1, 0.15) is 22.3 Å². The number of rotatable bonds is 2. The predicted molar refractivity (Wildman–Crippen MR) is 94.4 cm³/mol. The van der Waals surface area contributed by atoms with Crippen LogP contribution in [0.5, 0.6) is 0 Å². The monoisotopic (exact) mass is 344 g/mol. The largest absolute Gasteiger partial charge is 0.422 e. The van der Waals surface area contributed by atoms with Crippen molar-refractivity contribution in [2.45, 2.75) is 13.8 Å². The SMILES string of the molecule is Cc1ccc(C)c(C2=C/C(=C/c3c(Cl)cccc3Cl)C(=O)O2)c1. The average molecular weight is 345 g/mol. The average Bonchev–Trinajstić information content (AvgIpc) is 2.86. The number of aryl methyl sites for hydroxylation is 2. The predicted octanol–water partition coefficient (Wildman–Crippen LogP) is 5.59. The van der Waals surface area contributed by atoms with Crippen molar-refractivity contribution < 1.29 is 9.53 Å². The first-order chi connectivity index (χ1) is 11.0. The molecule has 2 nitrogen and oxygen atoms in total. The zero-order valence-electron chi connectivity index (χ0n) is 12.7. The molecule has 2 aromatic rings. The lowest BCUT2D eigenvalue weighted by atomic mass is 10.0. The van der Waals surface area contributed by atoms with Crippen molar-refractivity contribution in [3.8, 4) is 0 Å². The van der Waals surface area contributed by atoms with Crippen LogP contribution in [0.3, 0.4) is 0 Å². The Balaban J connectivity index is 2.05. The second-order valence-electron chi connectivity index (χ2n) is 5.45. The number of benzene rings is 2. The van der Waals surface area contributed by atoms with Crippen LogP contribution < -0.4 is 0 Å². The van der Waals surface area contributed by atoms with Gasteiger partial charge in [0.05, 0.1) is 5.57 Å². The Morgan fingerprint density at radius 3 is 2.43 bits per heavy atom. The summed E-state index contributed by atoms with van der Waals surface area (Å²) in [5.74, 6) is 0.141. The van der Waals surface area contributed by atoms with Crippen LogP contribution in [0.15, 0.2) is 48.0 Å². The number of hydrogen-bond acceptors (Lipinski definition) is 2. The minimum Gasteiger partial charge on any atom is -0.422 e. The van der Waals surface area contributed by atoms with Crippen LogP contribution in [-0.2, 0) is 9.53 Å². The highest BCUT2D eigenvalue weighted by molar-refractivity contribution is 6.37. The van der Waals surface area contributed by atoms with E-state index in [1.165, 1.54) is 0 Å². The van der Waals surface area contributed by atoms with E-state index >= 15 is 0 Å². The third kappa shape index (κ3) is 3.19. The molecule has 1 aliphatic rings. The first kappa shape index (κ1) is 15.9. The van der Waals surface area contributed by atoms with Gasteiger partial charge in [-0.2, -0.15) is 0 Å². The van der Waals surface area contributed by atoms with Crippen molar-refractivity contribution in [1.29, 1.82) is 0 Å². The van der Waals surface area contributed by atoms with Crippen molar-refractivity contribution in [3.05, 3.63) is 80.3 Å². The van der Waals surface area contributed by atoms with Crippen LogP contribution in [0.25, 0.3) is 11.8 Å². The standard InChI is InChI=1S/C19H14Cl2O2/c1-11-6-7-12(2)14(8-11)18-10-13(19(22)23-18)9-15-16(20)4-3-5-17(15)21/h3-10H,1-2H3/b13-9-. The van der Waals surface area contributed by atoms with Gasteiger partial charge in [0, 0.05) is 21.2 Å². The Bertz CT molecular complexity index is 843. The van der Waals surface area contributed by atoms with Crippen LogP contribution in [0, 0.1) is 13.8 Å². The Hall–Kier alpha value is -2.03. The molecule has 0 spiro atoms. The van der Waals surface area contributed by atoms with Gasteiger partial charge >= 0.3 is 5.97 Å². The molecule has 2 aromatic carbocycles.